The van der Waals surface area contributed by atoms with Gasteiger partial charge in [-0.05, 0) is 25.3 Å². The van der Waals surface area contributed by atoms with Crippen LogP contribution in [-0.4, -0.2) is 28.7 Å². The molecule has 132 valence electrons. The van der Waals surface area contributed by atoms with Gasteiger partial charge in [-0.3, -0.25) is 4.79 Å². The highest BCUT2D eigenvalue weighted by atomic mass is 16.3. The highest BCUT2D eigenvalue weighted by molar-refractivity contribution is 5.94. The van der Waals surface area contributed by atoms with Crippen molar-refractivity contribution in [1.82, 2.24) is 0 Å². The molecule has 0 unspecified atom stereocenters. The summed E-state index contributed by atoms with van der Waals surface area (Å²) in [7, 11) is 0. The lowest BCUT2D eigenvalue weighted by molar-refractivity contribution is -0.118. The van der Waals surface area contributed by atoms with E-state index in [2.05, 4.69) is 6.92 Å². The van der Waals surface area contributed by atoms with Gasteiger partial charge in [0.1, 0.15) is 0 Å². The van der Waals surface area contributed by atoms with Crippen molar-refractivity contribution >= 4 is 5.78 Å². The Morgan fingerprint density at radius 3 is 2.61 bits per heavy atom. The van der Waals surface area contributed by atoms with E-state index in [4.69, 9.17) is 5.11 Å². The van der Waals surface area contributed by atoms with Crippen LogP contribution in [0.2, 0.25) is 0 Å². The van der Waals surface area contributed by atoms with E-state index in [1.807, 2.05) is 18.2 Å². The SMILES string of the molecule is CCCCC[C@H](O)/C=C/[C@H]1C=CC(=O)[C@@H]1CCCCCCCO. The summed E-state index contributed by atoms with van der Waals surface area (Å²) >= 11 is 0. The third-order valence-electron chi connectivity index (χ3n) is 4.64. The molecule has 23 heavy (non-hydrogen) atoms. The number of hydrogen-bond acceptors (Lipinski definition) is 3. The summed E-state index contributed by atoms with van der Waals surface area (Å²) in [6, 6.07) is 0. The lowest BCUT2D eigenvalue weighted by Crippen LogP contribution is -2.15. The fourth-order valence-electron chi connectivity index (χ4n) is 3.15. The zero-order chi connectivity index (χ0) is 16.9. The molecular formula is C20H34O3. The van der Waals surface area contributed by atoms with Crippen LogP contribution in [-0.2, 0) is 4.79 Å². The first-order chi connectivity index (χ1) is 11.2. The summed E-state index contributed by atoms with van der Waals surface area (Å²) in [5.41, 5.74) is 0. The molecule has 1 rings (SSSR count). The van der Waals surface area contributed by atoms with Crippen molar-refractivity contribution in [3.8, 4) is 0 Å². The quantitative estimate of drug-likeness (QED) is 0.395. The third-order valence-corrected chi connectivity index (χ3v) is 4.64. The van der Waals surface area contributed by atoms with Crippen molar-refractivity contribution in [2.75, 3.05) is 6.61 Å². The number of ketones is 1. The molecule has 0 saturated carbocycles. The Hall–Kier alpha value is -0.930. The highest BCUT2D eigenvalue weighted by Crippen LogP contribution is 2.29. The Balaban J connectivity index is 2.29. The molecular weight excluding hydrogens is 288 g/mol. The maximum Gasteiger partial charge on any atom is 0.159 e. The van der Waals surface area contributed by atoms with Crippen LogP contribution in [0.4, 0.5) is 0 Å². The van der Waals surface area contributed by atoms with Crippen molar-refractivity contribution in [1.29, 1.82) is 0 Å². The normalized spacial score (nSPS) is 22.3. The predicted octanol–water partition coefficient (Wildman–Crippen LogP) is 4.19. The first kappa shape index (κ1) is 20.1. The second-order valence-electron chi connectivity index (χ2n) is 6.67. The molecule has 0 saturated heterocycles. The van der Waals surface area contributed by atoms with Crippen molar-refractivity contribution in [2.24, 2.45) is 11.8 Å². The Labute approximate surface area is 141 Å². The number of carbonyl (C=O) groups excluding carboxylic acids is 1. The fraction of sp³-hybridized carbons (Fsp3) is 0.750. The van der Waals surface area contributed by atoms with Gasteiger partial charge in [-0.15, -0.1) is 0 Å². The first-order valence-corrected chi connectivity index (χ1v) is 9.38. The van der Waals surface area contributed by atoms with Gasteiger partial charge in [0.25, 0.3) is 0 Å². The largest absolute Gasteiger partial charge is 0.396 e. The molecule has 0 bridgehead atoms. The van der Waals surface area contributed by atoms with E-state index in [9.17, 15) is 9.90 Å². The number of aliphatic hydroxyl groups is 2. The maximum atomic E-state index is 12.0. The molecule has 0 radical (unpaired) electrons. The van der Waals surface area contributed by atoms with Crippen LogP contribution in [0, 0.1) is 11.8 Å². The minimum absolute atomic E-state index is 0.0620. The molecule has 0 aliphatic heterocycles. The van der Waals surface area contributed by atoms with Gasteiger partial charge in [-0.25, -0.2) is 0 Å². The fourth-order valence-corrected chi connectivity index (χ4v) is 3.15. The Morgan fingerprint density at radius 1 is 1.13 bits per heavy atom. The molecule has 0 heterocycles. The zero-order valence-electron chi connectivity index (χ0n) is 14.6. The molecule has 0 aromatic carbocycles. The minimum Gasteiger partial charge on any atom is -0.396 e. The van der Waals surface area contributed by atoms with E-state index in [1.165, 1.54) is 0 Å². The molecule has 0 fully saturated rings. The third kappa shape index (κ3) is 8.47. The van der Waals surface area contributed by atoms with Crippen molar-refractivity contribution in [3.05, 3.63) is 24.3 Å². The Morgan fingerprint density at radius 2 is 1.87 bits per heavy atom. The van der Waals surface area contributed by atoms with Crippen LogP contribution in [0.5, 0.6) is 0 Å². The van der Waals surface area contributed by atoms with E-state index < -0.39 is 0 Å². The van der Waals surface area contributed by atoms with Crippen LogP contribution in [0.3, 0.4) is 0 Å². The minimum atomic E-state index is -0.384. The monoisotopic (exact) mass is 322 g/mol. The number of unbranched alkanes of at least 4 members (excludes halogenated alkanes) is 6. The van der Waals surface area contributed by atoms with Gasteiger partial charge >= 0.3 is 0 Å². The number of carbonyl (C=O) groups is 1. The average molecular weight is 322 g/mol. The summed E-state index contributed by atoms with van der Waals surface area (Å²) in [4.78, 5) is 12.0. The van der Waals surface area contributed by atoms with Crippen LogP contribution < -0.4 is 0 Å². The topological polar surface area (TPSA) is 57.5 Å². The van der Waals surface area contributed by atoms with Gasteiger partial charge in [0.2, 0.25) is 0 Å². The average Bonchev–Trinajstić information content (AvgIpc) is 2.89. The highest BCUT2D eigenvalue weighted by Gasteiger charge is 2.27. The van der Waals surface area contributed by atoms with Gasteiger partial charge < -0.3 is 10.2 Å². The van der Waals surface area contributed by atoms with Crippen molar-refractivity contribution < 1.29 is 15.0 Å². The number of hydrogen-bond donors (Lipinski definition) is 2. The van der Waals surface area contributed by atoms with Crippen LogP contribution in [0.1, 0.15) is 71.1 Å². The number of rotatable bonds is 13. The van der Waals surface area contributed by atoms with Crippen LogP contribution >= 0.6 is 0 Å². The lowest BCUT2D eigenvalue weighted by atomic mass is 9.88. The molecule has 0 amide bonds. The summed E-state index contributed by atoms with van der Waals surface area (Å²) in [5.74, 6) is 0.447. The summed E-state index contributed by atoms with van der Waals surface area (Å²) in [5, 5.41) is 18.7. The maximum absolute atomic E-state index is 12.0. The van der Waals surface area contributed by atoms with E-state index in [1.54, 1.807) is 6.08 Å². The summed E-state index contributed by atoms with van der Waals surface area (Å²) in [6.07, 6.45) is 17.6. The Kier molecular flexibility index (Phi) is 10.9. The van der Waals surface area contributed by atoms with Gasteiger partial charge in [0.15, 0.2) is 5.78 Å². The second kappa shape index (κ2) is 12.5. The lowest BCUT2D eigenvalue weighted by Gasteiger charge is -2.15. The molecule has 3 heteroatoms. The Bertz CT molecular complexity index is 373. The van der Waals surface area contributed by atoms with E-state index in [-0.39, 0.29) is 30.3 Å². The van der Waals surface area contributed by atoms with E-state index in [0.717, 1.165) is 64.2 Å². The standard InChI is InChI=1S/C20H34O3/c1-2-3-7-10-18(22)14-12-17-13-15-20(23)19(17)11-8-5-4-6-9-16-21/h12-15,17-19,21-22H,2-11,16H2,1H3/b14-12+/t17-,18-,19+/m0/s1. The van der Waals surface area contributed by atoms with Gasteiger partial charge in [-0.2, -0.15) is 0 Å². The molecule has 3 nitrogen and oxygen atoms in total. The smallest absolute Gasteiger partial charge is 0.159 e. The molecule has 1 aliphatic rings. The molecule has 0 aromatic rings. The van der Waals surface area contributed by atoms with Crippen LogP contribution in [0.25, 0.3) is 0 Å². The molecule has 1 aliphatic carbocycles. The van der Waals surface area contributed by atoms with Crippen LogP contribution in [0.15, 0.2) is 24.3 Å². The number of aliphatic hydroxyl groups excluding tert-OH is 2. The van der Waals surface area contributed by atoms with Crippen molar-refractivity contribution in [3.63, 3.8) is 0 Å². The van der Waals surface area contributed by atoms with Gasteiger partial charge in [-0.1, -0.05) is 70.1 Å². The van der Waals surface area contributed by atoms with Gasteiger partial charge in [0.05, 0.1) is 6.10 Å². The summed E-state index contributed by atoms with van der Waals surface area (Å²) in [6.45, 7) is 2.43. The number of allylic oxidation sites excluding steroid dienone is 3. The molecule has 3 atom stereocenters. The van der Waals surface area contributed by atoms with Crippen molar-refractivity contribution in [2.45, 2.75) is 77.2 Å². The van der Waals surface area contributed by atoms with E-state index in [0.29, 0.717) is 0 Å². The predicted molar refractivity (Wildman–Crippen MR) is 95.2 cm³/mol. The van der Waals surface area contributed by atoms with Gasteiger partial charge in [0, 0.05) is 18.4 Å². The first-order valence-electron chi connectivity index (χ1n) is 9.38. The molecule has 0 aromatic heterocycles. The molecule has 2 N–H and O–H groups in total. The zero-order valence-corrected chi connectivity index (χ0v) is 14.6. The molecule has 0 spiro atoms. The van der Waals surface area contributed by atoms with E-state index >= 15 is 0 Å². The summed E-state index contributed by atoms with van der Waals surface area (Å²) < 4.78 is 0. The second-order valence-corrected chi connectivity index (χ2v) is 6.67.